The average molecular weight is 756 g/mol. The number of para-hydroxylation sites is 1. The average Bonchev–Trinajstić information content (AvgIpc) is 3.85. The summed E-state index contributed by atoms with van der Waals surface area (Å²) < 4.78 is 5.14. The van der Waals surface area contributed by atoms with Crippen molar-refractivity contribution >= 4 is 75.7 Å². The maximum absolute atomic E-state index is 2.42. The van der Waals surface area contributed by atoms with Crippen LogP contribution in [0.15, 0.2) is 200 Å². The van der Waals surface area contributed by atoms with Crippen LogP contribution in [-0.4, -0.2) is 4.57 Å². The molecular formula is C56H37NS. The van der Waals surface area contributed by atoms with E-state index in [-0.39, 0.29) is 5.92 Å². The molecule has 1 aliphatic rings. The van der Waals surface area contributed by atoms with Gasteiger partial charge in [0, 0.05) is 48.1 Å². The van der Waals surface area contributed by atoms with Crippen molar-refractivity contribution < 1.29 is 0 Å². The molecule has 58 heavy (non-hydrogen) atoms. The van der Waals surface area contributed by atoms with Gasteiger partial charge in [0.05, 0.1) is 11.0 Å². The van der Waals surface area contributed by atoms with E-state index >= 15 is 0 Å². The van der Waals surface area contributed by atoms with Crippen LogP contribution in [0.3, 0.4) is 0 Å². The summed E-state index contributed by atoms with van der Waals surface area (Å²) in [5.41, 5.74) is 15.5. The second-order valence-electron chi connectivity index (χ2n) is 15.6. The summed E-state index contributed by atoms with van der Waals surface area (Å²) >= 11 is 1.96. The summed E-state index contributed by atoms with van der Waals surface area (Å²) in [5.74, 6) is 0.288. The molecule has 0 fully saturated rings. The molecule has 1 atom stereocenters. The molecular weight excluding hydrogens is 719 g/mol. The summed E-state index contributed by atoms with van der Waals surface area (Å²) in [6, 6.07) is 74.0. The van der Waals surface area contributed by atoms with Crippen molar-refractivity contribution in [1.29, 1.82) is 0 Å². The molecule has 1 nitrogen and oxygen atoms in total. The lowest BCUT2D eigenvalue weighted by Gasteiger charge is -2.28. The van der Waals surface area contributed by atoms with Gasteiger partial charge in [0.1, 0.15) is 0 Å². The van der Waals surface area contributed by atoms with Crippen LogP contribution >= 0.6 is 11.3 Å². The summed E-state index contributed by atoms with van der Waals surface area (Å²) in [6.45, 7) is 0. The molecule has 0 saturated carbocycles. The van der Waals surface area contributed by atoms with E-state index in [1.54, 1.807) is 0 Å². The van der Waals surface area contributed by atoms with Crippen LogP contribution in [0.4, 0.5) is 0 Å². The van der Waals surface area contributed by atoms with Gasteiger partial charge in [0.15, 0.2) is 0 Å². The predicted molar refractivity (Wildman–Crippen MR) is 248 cm³/mol. The van der Waals surface area contributed by atoms with Gasteiger partial charge in [-0.05, 0) is 98.1 Å². The van der Waals surface area contributed by atoms with Crippen molar-refractivity contribution in [3.05, 3.63) is 234 Å². The fourth-order valence-corrected chi connectivity index (χ4v) is 11.2. The van der Waals surface area contributed by atoms with Crippen LogP contribution in [0, 0.1) is 0 Å². The Bertz CT molecular complexity index is 3420. The third-order valence-corrected chi connectivity index (χ3v) is 13.7. The number of aromatic nitrogens is 1. The van der Waals surface area contributed by atoms with Crippen molar-refractivity contribution in [1.82, 2.24) is 4.57 Å². The van der Waals surface area contributed by atoms with Crippen molar-refractivity contribution in [3.8, 4) is 16.8 Å². The van der Waals surface area contributed by atoms with Gasteiger partial charge in [0.2, 0.25) is 0 Å². The normalized spacial score (nSPS) is 14.1. The minimum atomic E-state index is 0.288. The van der Waals surface area contributed by atoms with E-state index in [1.807, 2.05) is 11.3 Å². The lowest BCUT2D eigenvalue weighted by molar-refractivity contribution is 0.801. The highest BCUT2D eigenvalue weighted by atomic mass is 32.1. The fourth-order valence-electron chi connectivity index (χ4n) is 9.80. The number of fused-ring (bicyclic) bond motifs is 11. The zero-order valence-corrected chi connectivity index (χ0v) is 32.6. The van der Waals surface area contributed by atoms with Crippen molar-refractivity contribution in [2.45, 2.75) is 12.3 Å². The molecule has 9 aromatic carbocycles. The quantitative estimate of drug-likeness (QED) is 0.154. The minimum Gasteiger partial charge on any atom is -0.309 e. The summed E-state index contributed by atoms with van der Waals surface area (Å²) in [7, 11) is 0. The molecule has 11 aromatic rings. The van der Waals surface area contributed by atoms with E-state index in [2.05, 4.69) is 211 Å². The lowest BCUT2D eigenvalue weighted by Crippen LogP contribution is -2.12. The Labute approximate surface area is 341 Å². The molecule has 0 radical (unpaired) electrons. The topological polar surface area (TPSA) is 4.93 Å². The van der Waals surface area contributed by atoms with Crippen molar-refractivity contribution in [3.63, 3.8) is 0 Å². The Kier molecular flexibility index (Phi) is 7.61. The van der Waals surface area contributed by atoms with Gasteiger partial charge in [0.25, 0.3) is 0 Å². The van der Waals surface area contributed by atoms with Gasteiger partial charge in [-0.3, -0.25) is 0 Å². The summed E-state index contributed by atoms with van der Waals surface area (Å²) in [4.78, 5) is 0. The SMILES string of the molecule is C(=C(c1ccccc1)c1cccc2c1sc1c(C3Cc4ccccc4-c4ccccc43)cccc12)c1ccc2c(c1)c1c3ccccc3ccc1n2-c1ccccc1. The van der Waals surface area contributed by atoms with Gasteiger partial charge in [-0.25, -0.2) is 0 Å². The first-order valence-electron chi connectivity index (χ1n) is 20.2. The number of nitrogens with zero attached hydrogens (tertiary/aromatic N) is 1. The first-order valence-corrected chi connectivity index (χ1v) is 21.0. The minimum absolute atomic E-state index is 0.288. The number of benzene rings is 9. The van der Waals surface area contributed by atoms with E-state index in [1.165, 1.54) is 109 Å². The van der Waals surface area contributed by atoms with Gasteiger partial charge in [-0.1, -0.05) is 170 Å². The van der Waals surface area contributed by atoms with E-state index < -0.39 is 0 Å². The number of thiophene rings is 1. The maximum Gasteiger partial charge on any atom is 0.0547 e. The molecule has 1 aliphatic carbocycles. The number of hydrogen-bond donors (Lipinski definition) is 0. The smallest absolute Gasteiger partial charge is 0.0547 e. The number of hydrogen-bond acceptors (Lipinski definition) is 1. The first-order chi connectivity index (χ1) is 28.8. The van der Waals surface area contributed by atoms with Gasteiger partial charge in [-0.2, -0.15) is 0 Å². The predicted octanol–water partition coefficient (Wildman–Crippen LogP) is 15.2. The first kappa shape index (κ1) is 33.2. The molecule has 2 heteroatoms. The Morgan fingerprint density at radius 3 is 2.05 bits per heavy atom. The Balaban J connectivity index is 1.07. The van der Waals surface area contributed by atoms with Crippen LogP contribution in [0.5, 0.6) is 0 Å². The zero-order valence-electron chi connectivity index (χ0n) is 31.8. The zero-order chi connectivity index (χ0) is 38.2. The van der Waals surface area contributed by atoms with Crippen LogP contribution in [0.25, 0.3) is 81.2 Å². The highest BCUT2D eigenvalue weighted by Crippen LogP contribution is 2.48. The van der Waals surface area contributed by atoms with Gasteiger partial charge < -0.3 is 4.57 Å². The summed E-state index contributed by atoms with van der Waals surface area (Å²) in [6.07, 6.45) is 3.42. The molecule has 272 valence electrons. The third-order valence-electron chi connectivity index (χ3n) is 12.4. The van der Waals surface area contributed by atoms with Gasteiger partial charge >= 0.3 is 0 Å². The van der Waals surface area contributed by atoms with Crippen molar-refractivity contribution in [2.75, 3.05) is 0 Å². The summed E-state index contributed by atoms with van der Waals surface area (Å²) in [5, 5.41) is 7.74. The molecule has 0 aliphatic heterocycles. The molecule has 0 amide bonds. The van der Waals surface area contributed by atoms with E-state index in [0.29, 0.717) is 0 Å². The highest BCUT2D eigenvalue weighted by Gasteiger charge is 2.28. The van der Waals surface area contributed by atoms with Crippen LogP contribution in [0.1, 0.15) is 39.3 Å². The molecule has 2 heterocycles. The van der Waals surface area contributed by atoms with Crippen LogP contribution in [-0.2, 0) is 6.42 Å². The Morgan fingerprint density at radius 2 is 1.17 bits per heavy atom. The Morgan fingerprint density at radius 1 is 0.500 bits per heavy atom. The van der Waals surface area contributed by atoms with E-state index in [4.69, 9.17) is 0 Å². The second kappa shape index (κ2) is 13.3. The monoisotopic (exact) mass is 755 g/mol. The molecule has 1 unspecified atom stereocenters. The molecule has 0 spiro atoms. The highest BCUT2D eigenvalue weighted by molar-refractivity contribution is 7.26. The van der Waals surface area contributed by atoms with E-state index in [9.17, 15) is 0 Å². The third kappa shape index (κ3) is 5.15. The molecule has 12 rings (SSSR count). The molecule has 0 N–H and O–H groups in total. The van der Waals surface area contributed by atoms with Crippen LogP contribution in [0.2, 0.25) is 0 Å². The standard InChI is InChI=1S/C56H37NS/c1-3-15-37(16-4-1)49(33-36-29-31-52-51(34-36)54-42-22-10-7-17-38(42)30-32-53(54)57(52)40-19-5-2-6-20-40)47-27-13-25-45-46-26-14-28-48(56(46)58-55(45)47)50-35-39-18-8-9-21-41(39)43-23-11-12-24-44(43)50/h1-34,50H,35H2. The second-order valence-corrected chi connectivity index (χ2v) is 16.6. The lowest BCUT2D eigenvalue weighted by atomic mass is 9.75. The van der Waals surface area contributed by atoms with Crippen molar-refractivity contribution in [2.24, 2.45) is 0 Å². The van der Waals surface area contributed by atoms with E-state index in [0.717, 1.165) is 6.42 Å². The van der Waals surface area contributed by atoms with Gasteiger partial charge in [-0.15, -0.1) is 11.3 Å². The van der Waals surface area contributed by atoms with Crippen LogP contribution < -0.4 is 0 Å². The molecule has 0 saturated heterocycles. The number of rotatable bonds is 5. The maximum atomic E-state index is 2.42. The fraction of sp³-hybridized carbons (Fsp3) is 0.0357. The largest absolute Gasteiger partial charge is 0.309 e. The Hall–Kier alpha value is -7.00. The molecule has 0 bridgehead atoms. The molecule has 2 aromatic heterocycles.